The summed E-state index contributed by atoms with van der Waals surface area (Å²) in [6.45, 7) is 0. The number of rotatable bonds is 4. The number of ether oxygens (including phenoxy) is 3. The van der Waals surface area contributed by atoms with Crippen molar-refractivity contribution in [3.63, 3.8) is 0 Å². The summed E-state index contributed by atoms with van der Waals surface area (Å²) >= 11 is 0. The first-order valence-electron chi connectivity index (χ1n) is 7.02. The molecule has 0 spiro atoms. The highest BCUT2D eigenvalue weighted by Gasteiger charge is 2.53. The van der Waals surface area contributed by atoms with Crippen LogP contribution >= 0.6 is 0 Å². The van der Waals surface area contributed by atoms with Gasteiger partial charge in [-0.1, -0.05) is 6.08 Å². The van der Waals surface area contributed by atoms with Crippen LogP contribution in [0, 0.1) is 17.8 Å². The normalized spacial score (nSPS) is 27.8. The van der Waals surface area contributed by atoms with E-state index in [2.05, 4.69) is 14.8 Å². The number of nitrogens with one attached hydrogen (secondary N) is 1. The van der Waals surface area contributed by atoms with Crippen molar-refractivity contribution < 1.29 is 38.5 Å². The van der Waals surface area contributed by atoms with Crippen molar-refractivity contribution in [1.29, 1.82) is 0 Å². The number of fused-ring (bicyclic) bond motifs is 2. The molecule has 0 aromatic heterocycles. The van der Waals surface area contributed by atoms with Gasteiger partial charge in [0.2, 0.25) is 0 Å². The Morgan fingerprint density at radius 1 is 1.00 bits per heavy atom. The van der Waals surface area contributed by atoms with Crippen molar-refractivity contribution in [1.82, 2.24) is 5.32 Å². The fraction of sp³-hybridized carbons (Fsp3) is 0.467. The Morgan fingerprint density at radius 2 is 1.58 bits per heavy atom. The summed E-state index contributed by atoms with van der Waals surface area (Å²) < 4.78 is 14.0. The van der Waals surface area contributed by atoms with Gasteiger partial charge in [0, 0.05) is 12.1 Å². The molecule has 24 heavy (non-hydrogen) atoms. The van der Waals surface area contributed by atoms with Crippen LogP contribution in [0.4, 0.5) is 0 Å². The summed E-state index contributed by atoms with van der Waals surface area (Å²) in [7, 11) is 3.44. The summed E-state index contributed by atoms with van der Waals surface area (Å²) in [5.74, 6) is -6.96. The van der Waals surface area contributed by atoms with E-state index in [1.807, 2.05) is 0 Å². The smallest absolute Gasteiger partial charge is 0.335 e. The summed E-state index contributed by atoms with van der Waals surface area (Å²) in [5, 5.41) is 12.3. The van der Waals surface area contributed by atoms with E-state index in [1.54, 1.807) is 0 Å². The second kappa shape index (κ2) is 6.73. The molecule has 2 aliphatic rings. The Morgan fingerprint density at radius 3 is 2.08 bits per heavy atom. The quantitative estimate of drug-likeness (QED) is 0.501. The first kappa shape index (κ1) is 17.5. The average molecular weight is 339 g/mol. The molecule has 0 fully saturated rings. The van der Waals surface area contributed by atoms with Crippen molar-refractivity contribution in [3.05, 3.63) is 23.4 Å². The molecule has 1 aliphatic carbocycles. The van der Waals surface area contributed by atoms with Gasteiger partial charge in [-0.2, -0.15) is 0 Å². The lowest BCUT2D eigenvalue weighted by Gasteiger charge is -2.42. The molecule has 2 bridgehead atoms. The van der Waals surface area contributed by atoms with E-state index < -0.39 is 47.7 Å². The van der Waals surface area contributed by atoms with Gasteiger partial charge in [-0.05, 0) is 0 Å². The molecule has 0 radical (unpaired) electrons. The van der Waals surface area contributed by atoms with Crippen molar-refractivity contribution in [2.75, 3.05) is 21.3 Å². The molecule has 2 N–H and O–H groups in total. The van der Waals surface area contributed by atoms with Crippen LogP contribution in [-0.4, -0.2) is 56.4 Å². The molecule has 1 heterocycles. The highest BCUT2D eigenvalue weighted by molar-refractivity contribution is 5.97. The van der Waals surface area contributed by atoms with Gasteiger partial charge < -0.3 is 24.6 Å². The lowest BCUT2D eigenvalue weighted by atomic mass is 9.65. The first-order chi connectivity index (χ1) is 11.4. The third-order valence-electron chi connectivity index (χ3n) is 4.21. The van der Waals surface area contributed by atoms with Gasteiger partial charge in [0.05, 0.1) is 50.4 Å². The second-order valence-corrected chi connectivity index (χ2v) is 5.29. The van der Waals surface area contributed by atoms with Crippen LogP contribution in [0.15, 0.2) is 23.4 Å². The Bertz CT molecular complexity index is 650. The predicted octanol–water partition coefficient (Wildman–Crippen LogP) is -0.766. The van der Waals surface area contributed by atoms with Crippen LogP contribution in [0.3, 0.4) is 0 Å². The maximum Gasteiger partial charge on any atom is 0.335 e. The Hall–Kier alpha value is -2.84. The van der Waals surface area contributed by atoms with E-state index in [1.165, 1.54) is 12.3 Å². The number of esters is 3. The lowest BCUT2D eigenvalue weighted by Crippen LogP contribution is -2.55. The Kier molecular flexibility index (Phi) is 4.91. The molecule has 0 aromatic carbocycles. The molecule has 4 unspecified atom stereocenters. The van der Waals surface area contributed by atoms with Gasteiger partial charge in [0.1, 0.15) is 0 Å². The lowest BCUT2D eigenvalue weighted by molar-refractivity contribution is -0.151. The third kappa shape index (κ3) is 2.72. The molecule has 2 rings (SSSR count). The SMILES string of the molecule is COC(=O)C1=CC(C(=O)OC)C2C(C(=O)OC)=CNC1C2C(=O)O. The van der Waals surface area contributed by atoms with E-state index >= 15 is 0 Å². The largest absolute Gasteiger partial charge is 0.481 e. The number of hydrogen-bond donors (Lipinski definition) is 2. The number of carbonyl (C=O) groups excluding carboxylic acids is 3. The summed E-state index contributed by atoms with van der Waals surface area (Å²) in [6, 6.07) is -0.936. The number of carboxylic acid groups (broad SMARTS) is 1. The Balaban J connectivity index is 2.62. The van der Waals surface area contributed by atoms with Crippen LogP contribution in [-0.2, 0) is 33.4 Å². The van der Waals surface area contributed by atoms with Gasteiger partial charge >= 0.3 is 23.9 Å². The van der Waals surface area contributed by atoms with Gasteiger partial charge in [-0.15, -0.1) is 0 Å². The minimum Gasteiger partial charge on any atom is -0.481 e. The molecule has 1 aliphatic heterocycles. The van der Waals surface area contributed by atoms with Gasteiger partial charge in [0.15, 0.2) is 0 Å². The number of methoxy groups -OCH3 is 3. The topological polar surface area (TPSA) is 128 Å². The molecule has 9 nitrogen and oxygen atoms in total. The second-order valence-electron chi connectivity index (χ2n) is 5.29. The number of aliphatic carboxylic acids is 1. The van der Waals surface area contributed by atoms with E-state index in [9.17, 15) is 24.3 Å². The molecule has 0 aromatic rings. The van der Waals surface area contributed by atoms with E-state index in [0.717, 1.165) is 21.3 Å². The predicted molar refractivity (Wildman–Crippen MR) is 77.2 cm³/mol. The van der Waals surface area contributed by atoms with E-state index in [0.29, 0.717) is 0 Å². The molecule has 0 saturated carbocycles. The number of carbonyl (C=O) groups is 4. The third-order valence-corrected chi connectivity index (χ3v) is 4.21. The minimum absolute atomic E-state index is 0.00304. The molecule has 130 valence electrons. The van der Waals surface area contributed by atoms with Crippen LogP contribution in [0.25, 0.3) is 0 Å². The molecule has 0 saturated heterocycles. The number of hydrogen-bond acceptors (Lipinski definition) is 8. The molecular weight excluding hydrogens is 322 g/mol. The van der Waals surface area contributed by atoms with Crippen molar-refractivity contribution in [2.45, 2.75) is 6.04 Å². The highest BCUT2D eigenvalue weighted by Crippen LogP contribution is 2.42. The standard InChI is InChI=1S/C15H17NO8/c1-22-13(19)6-4-7(14(20)23-2)11-10(12(17)18)9(6)8(5-16-11)15(21)24-3/h4-6,9-11,16H,1-3H3,(H,17,18). The van der Waals surface area contributed by atoms with Gasteiger partial charge in [-0.25, -0.2) is 9.59 Å². The van der Waals surface area contributed by atoms with Crippen molar-refractivity contribution in [2.24, 2.45) is 17.8 Å². The first-order valence-corrected chi connectivity index (χ1v) is 7.02. The monoisotopic (exact) mass is 339 g/mol. The van der Waals surface area contributed by atoms with Gasteiger partial charge in [-0.3, -0.25) is 9.59 Å². The maximum absolute atomic E-state index is 12.1. The maximum atomic E-state index is 12.1. The molecule has 9 heteroatoms. The summed E-state index contributed by atoms with van der Waals surface area (Å²) in [5.41, 5.74) is -0.00608. The van der Waals surface area contributed by atoms with Crippen molar-refractivity contribution in [3.8, 4) is 0 Å². The van der Waals surface area contributed by atoms with Crippen LogP contribution in [0.2, 0.25) is 0 Å². The fourth-order valence-electron chi connectivity index (χ4n) is 3.15. The van der Waals surface area contributed by atoms with E-state index in [4.69, 9.17) is 4.74 Å². The zero-order chi connectivity index (χ0) is 18.0. The summed E-state index contributed by atoms with van der Waals surface area (Å²) in [4.78, 5) is 47.9. The fourth-order valence-corrected chi connectivity index (χ4v) is 3.15. The molecule has 0 amide bonds. The molecule has 4 atom stereocenters. The van der Waals surface area contributed by atoms with Crippen LogP contribution in [0.5, 0.6) is 0 Å². The minimum atomic E-state index is -1.27. The van der Waals surface area contributed by atoms with Crippen LogP contribution < -0.4 is 5.32 Å². The van der Waals surface area contributed by atoms with E-state index in [-0.39, 0.29) is 11.1 Å². The van der Waals surface area contributed by atoms with Gasteiger partial charge in [0.25, 0.3) is 0 Å². The average Bonchev–Trinajstić information content (AvgIpc) is 2.59. The zero-order valence-electron chi connectivity index (χ0n) is 13.3. The Labute approximate surface area is 137 Å². The highest BCUT2D eigenvalue weighted by atomic mass is 16.5. The molecular formula is C15H17NO8. The zero-order valence-corrected chi connectivity index (χ0v) is 13.3. The van der Waals surface area contributed by atoms with Crippen LogP contribution in [0.1, 0.15) is 0 Å². The summed E-state index contributed by atoms with van der Waals surface area (Å²) in [6.07, 6.45) is 2.56. The number of carboxylic acids is 1. The van der Waals surface area contributed by atoms with Crippen molar-refractivity contribution >= 4 is 23.9 Å².